The van der Waals surface area contributed by atoms with E-state index in [-0.39, 0.29) is 23.5 Å². The molecule has 4 heteroatoms. The molecule has 0 radical (unpaired) electrons. The first-order valence-corrected chi connectivity index (χ1v) is 14.5. The molecule has 0 spiro atoms. The maximum absolute atomic E-state index is 12.7. The molecule has 3 aromatic rings. The first-order valence-electron chi connectivity index (χ1n) is 14.5. The third-order valence-corrected chi connectivity index (χ3v) is 9.51. The van der Waals surface area contributed by atoms with Gasteiger partial charge in [-0.05, 0) is 103 Å². The van der Waals surface area contributed by atoms with Crippen LogP contribution in [-0.4, -0.2) is 18.0 Å². The molecule has 2 fully saturated rings. The average molecular weight is 533 g/mol. The van der Waals surface area contributed by atoms with Gasteiger partial charge in [0.15, 0.2) is 0 Å². The average Bonchev–Trinajstić information content (AvgIpc) is 3.31. The largest absolute Gasteiger partial charge is 0.459 e. The second-order valence-corrected chi connectivity index (χ2v) is 11.7. The zero-order valence-electron chi connectivity index (χ0n) is 23.0. The lowest BCUT2D eigenvalue weighted by Crippen LogP contribution is -2.45. The van der Waals surface area contributed by atoms with Crippen molar-refractivity contribution in [3.05, 3.63) is 113 Å². The highest BCUT2D eigenvalue weighted by atomic mass is 16.5. The van der Waals surface area contributed by atoms with Crippen LogP contribution < -0.4 is 4.74 Å². The summed E-state index contributed by atoms with van der Waals surface area (Å²) < 4.78 is 11.7. The number of carbonyl (C=O) groups excluding carboxylic acids is 2. The Kier molecular flexibility index (Phi) is 7.42. The van der Waals surface area contributed by atoms with E-state index < -0.39 is 0 Å². The second kappa shape index (κ2) is 11.3. The first-order chi connectivity index (χ1) is 19.5. The van der Waals surface area contributed by atoms with E-state index in [1.54, 1.807) is 12.2 Å². The van der Waals surface area contributed by atoms with Crippen molar-refractivity contribution < 1.29 is 19.1 Å². The third-order valence-electron chi connectivity index (χ3n) is 9.51. The van der Waals surface area contributed by atoms with Crippen molar-refractivity contribution in [1.82, 2.24) is 0 Å². The van der Waals surface area contributed by atoms with Gasteiger partial charge in [-0.2, -0.15) is 0 Å². The number of carbonyl (C=O) groups is 2. The SMILES string of the molecule is C[C@]12CCC3c4ccc(OC(=O)/C=C/c5ccccc5)cc4CCC3C1CCC2OC(=O)/C=C/c1ccccc1. The van der Waals surface area contributed by atoms with Crippen LogP contribution >= 0.6 is 0 Å². The normalized spacial score (nSPS) is 27.1. The van der Waals surface area contributed by atoms with Gasteiger partial charge in [0.2, 0.25) is 0 Å². The first kappa shape index (κ1) is 26.3. The second-order valence-electron chi connectivity index (χ2n) is 11.7. The van der Waals surface area contributed by atoms with Crippen molar-refractivity contribution >= 4 is 24.1 Å². The van der Waals surface area contributed by atoms with Crippen LogP contribution in [0.5, 0.6) is 5.75 Å². The Bertz CT molecular complexity index is 1420. The molecule has 4 unspecified atom stereocenters. The highest BCUT2D eigenvalue weighted by Gasteiger charge is 2.56. The van der Waals surface area contributed by atoms with Crippen LogP contribution in [0.2, 0.25) is 0 Å². The summed E-state index contributed by atoms with van der Waals surface area (Å²) in [5.74, 6) is 1.66. The Morgan fingerprint density at radius 3 is 2.17 bits per heavy atom. The molecule has 3 aromatic carbocycles. The number of hydrogen-bond donors (Lipinski definition) is 0. The third kappa shape index (κ3) is 5.40. The molecule has 4 nitrogen and oxygen atoms in total. The Hall–Kier alpha value is -3.92. The van der Waals surface area contributed by atoms with Crippen molar-refractivity contribution in [2.75, 3.05) is 0 Å². The summed E-state index contributed by atoms with van der Waals surface area (Å²) in [5.41, 5.74) is 4.69. The van der Waals surface area contributed by atoms with Crippen LogP contribution in [0.15, 0.2) is 91.0 Å². The highest BCUT2D eigenvalue weighted by Crippen LogP contribution is 2.61. The fourth-order valence-corrected chi connectivity index (χ4v) is 7.55. The summed E-state index contributed by atoms with van der Waals surface area (Å²) in [6.07, 6.45) is 12.9. The minimum absolute atomic E-state index is 0.0233. The zero-order chi connectivity index (χ0) is 27.5. The summed E-state index contributed by atoms with van der Waals surface area (Å²) in [4.78, 5) is 25.1. The minimum atomic E-state index is -0.365. The zero-order valence-corrected chi connectivity index (χ0v) is 23.0. The number of ether oxygens (including phenoxy) is 2. The van der Waals surface area contributed by atoms with Crippen LogP contribution in [-0.2, 0) is 20.7 Å². The van der Waals surface area contributed by atoms with Crippen molar-refractivity contribution in [2.24, 2.45) is 17.3 Å². The summed E-state index contributed by atoms with van der Waals surface area (Å²) in [5, 5.41) is 0. The molecular formula is C36H36O4. The molecule has 0 N–H and O–H groups in total. The quantitative estimate of drug-likeness (QED) is 0.185. The number of fused-ring (bicyclic) bond motifs is 5. The fraction of sp³-hybridized carbons (Fsp3) is 0.333. The summed E-state index contributed by atoms with van der Waals surface area (Å²) in [7, 11) is 0. The van der Waals surface area contributed by atoms with Crippen LogP contribution in [0.3, 0.4) is 0 Å². The van der Waals surface area contributed by atoms with Crippen LogP contribution in [0.1, 0.15) is 67.2 Å². The van der Waals surface area contributed by atoms with Crippen molar-refractivity contribution in [1.29, 1.82) is 0 Å². The van der Waals surface area contributed by atoms with Crippen LogP contribution in [0.25, 0.3) is 12.2 Å². The van der Waals surface area contributed by atoms with Gasteiger partial charge in [0.25, 0.3) is 0 Å². The Morgan fingerprint density at radius 2 is 1.48 bits per heavy atom. The Balaban J connectivity index is 1.10. The smallest absolute Gasteiger partial charge is 0.336 e. The molecule has 0 heterocycles. The van der Waals surface area contributed by atoms with Gasteiger partial charge in [0, 0.05) is 17.6 Å². The van der Waals surface area contributed by atoms with E-state index in [1.807, 2.05) is 72.8 Å². The van der Waals surface area contributed by atoms with E-state index in [4.69, 9.17) is 9.47 Å². The van der Waals surface area contributed by atoms with Gasteiger partial charge in [-0.3, -0.25) is 0 Å². The summed E-state index contributed by atoms with van der Waals surface area (Å²) in [6.45, 7) is 2.35. The molecule has 0 aromatic heterocycles. The van der Waals surface area contributed by atoms with E-state index in [0.29, 0.717) is 23.5 Å². The monoisotopic (exact) mass is 532 g/mol. The van der Waals surface area contributed by atoms with Gasteiger partial charge >= 0.3 is 11.9 Å². The molecule has 2 saturated carbocycles. The van der Waals surface area contributed by atoms with Crippen molar-refractivity contribution in [3.63, 3.8) is 0 Å². The van der Waals surface area contributed by atoms with E-state index in [9.17, 15) is 9.59 Å². The fourth-order valence-electron chi connectivity index (χ4n) is 7.55. The van der Waals surface area contributed by atoms with Crippen LogP contribution in [0, 0.1) is 17.3 Å². The molecule has 5 atom stereocenters. The lowest BCUT2D eigenvalue weighted by atomic mass is 9.55. The van der Waals surface area contributed by atoms with Gasteiger partial charge in [-0.25, -0.2) is 9.59 Å². The van der Waals surface area contributed by atoms with Crippen molar-refractivity contribution in [3.8, 4) is 5.75 Å². The van der Waals surface area contributed by atoms with Crippen LogP contribution in [0.4, 0.5) is 0 Å². The predicted octanol–water partition coefficient (Wildman–Crippen LogP) is 7.79. The van der Waals surface area contributed by atoms with Gasteiger partial charge in [0.05, 0.1) is 0 Å². The molecule has 0 aliphatic heterocycles. The standard InChI is InChI=1S/C36H36O4/c1-36-23-22-30-29-17-15-28(39-34(37)20-12-25-8-4-2-5-9-25)24-27(29)14-16-31(30)32(36)18-19-33(36)40-35(38)21-13-26-10-6-3-7-11-26/h2-13,15,17,20-21,24,30-33H,14,16,18-19,22-23H2,1H3/b20-12+,21-13+/t30?,31?,32?,33?,36-/m0/s1. The molecule has 0 amide bonds. The molecule has 3 aliphatic carbocycles. The van der Waals surface area contributed by atoms with E-state index in [2.05, 4.69) is 19.1 Å². The maximum Gasteiger partial charge on any atom is 0.336 e. The summed E-state index contributed by atoms with van der Waals surface area (Å²) >= 11 is 0. The molecular weight excluding hydrogens is 496 g/mol. The Labute approximate surface area is 236 Å². The summed E-state index contributed by atoms with van der Waals surface area (Å²) in [6, 6.07) is 25.8. The van der Waals surface area contributed by atoms with Gasteiger partial charge < -0.3 is 9.47 Å². The van der Waals surface area contributed by atoms with E-state index in [0.717, 1.165) is 49.7 Å². The molecule has 40 heavy (non-hydrogen) atoms. The molecule has 3 aliphatic rings. The molecule has 204 valence electrons. The number of hydrogen-bond acceptors (Lipinski definition) is 4. The van der Waals surface area contributed by atoms with Gasteiger partial charge in [0.1, 0.15) is 11.9 Å². The molecule has 6 rings (SSSR count). The number of aryl methyl sites for hydroxylation is 1. The lowest BCUT2D eigenvalue weighted by molar-refractivity contribution is -0.151. The number of esters is 2. The Morgan fingerprint density at radius 1 is 0.800 bits per heavy atom. The minimum Gasteiger partial charge on any atom is -0.459 e. The molecule has 0 saturated heterocycles. The van der Waals surface area contributed by atoms with Gasteiger partial charge in [-0.15, -0.1) is 0 Å². The molecule has 0 bridgehead atoms. The highest BCUT2D eigenvalue weighted by molar-refractivity contribution is 5.88. The predicted molar refractivity (Wildman–Crippen MR) is 158 cm³/mol. The van der Waals surface area contributed by atoms with Gasteiger partial charge in [-0.1, -0.05) is 73.7 Å². The lowest BCUT2D eigenvalue weighted by Gasteiger charge is -2.50. The number of benzene rings is 3. The van der Waals surface area contributed by atoms with Crippen molar-refractivity contribution in [2.45, 2.75) is 57.5 Å². The number of rotatable bonds is 6. The maximum atomic E-state index is 12.7. The van der Waals surface area contributed by atoms with E-state index >= 15 is 0 Å². The van der Waals surface area contributed by atoms with E-state index in [1.165, 1.54) is 17.2 Å². The topological polar surface area (TPSA) is 52.6 Å².